The van der Waals surface area contributed by atoms with Crippen LogP contribution < -0.4 is 10.6 Å². The molecule has 1 heterocycles. The summed E-state index contributed by atoms with van der Waals surface area (Å²) in [6.45, 7) is 2.49. The van der Waals surface area contributed by atoms with Crippen LogP contribution in [0.4, 0.5) is 5.69 Å². The fourth-order valence-electron chi connectivity index (χ4n) is 3.69. The molecule has 3 fully saturated rings. The maximum absolute atomic E-state index is 12.6. The predicted octanol–water partition coefficient (Wildman–Crippen LogP) is 2.53. The summed E-state index contributed by atoms with van der Waals surface area (Å²) in [4.78, 5) is 26.6. The minimum Gasteiger partial charge on any atom is -0.378 e. The summed E-state index contributed by atoms with van der Waals surface area (Å²) < 4.78 is 5.28. The normalized spacial score (nSPS) is 19.9. The van der Waals surface area contributed by atoms with Gasteiger partial charge in [0, 0.05) is 24.8 Å². The third-order valence-electron chi connectivity index (χ3n) is 5.54. The fourth-order valence-corrected chi connectivity index (χ4v) is 3.95. The van der Waals surface area contributed by atoms with Crippen LogP contribution in [0.5, 0.6) is 0 Å². The van der Waals surface area contributed by atoms with Gasteiger partial charge in [-0.1, -0.05) is 11.6 Å². The van der Waals surface area contributed by atoms with Gasteiger partial charge in [-0.15, -0.1) is 0 Å². The zero-order valence-electron chi connectivity index (χ0n) is 15.4. The molecule has 0 unspecified atom stereocenters. The first-order valence-electron chi connectivity index (χ1n) is 9.81. The monoisotopic (exact) mass is 391 g/mol. The van der Waals surface area contributed by atoms with E-state index in [1.807, 2.05) is 0 Å². The van der Waals surface area contributed by atoms with Crippen molar-refractivity contribution in [1.29, 1.82) is 0 Å². The van der Waals surface area contributed by atoms with Crippen molar-refractivity contribution >= 4 is 29.1 Å². The average molecular weight is 392 g/mol. The Morgan fingerprint density at radius 2 is 1.81 bits per heavy atom. The van der Waals surface area contributed by atoms with Gasteiger partial charge in [0.2, 0.25) is 5.91 Å². The smallest absolute Gasteiger partial charge is 0.255 e. The van der Waals surface area contributed by atoms with Crippen LogP contribution in [-0.2, 0) is 9.53 Å². The van der Waals surface area contributed by atoms with E-state index < -0.39 is 0 Å². The summed E-state index contributed by atoms with van der Waals surface area (Å²) in [6, 6.07) is 5.59. The molecule has 4 rings (SSSR count). The molecule has 1 aromatic carbocycles. The van der Waals surface area contributed by atoms with Crippen LogP contribution in [0.2, 0.25) is 5.02 Å². The number of carbonyl (C=O) groups is 2. The van der Waals surface area contributed by atoms with E-state index in [2.05, 4.69) is 10.6 Å². The first kappa shape index (κ1) is 18.6. The van der Waals surface area contributed by atoms with E-state index in [1.54, 1.807) is 23.1 Å². The number of carbonyl (C=O) groups excluding carboxylic acids is 2. The van der Waals surface area contributed by atoms with Gasteiger partial charge >= 0.3 is 0 Å². The van der Waals surface area contributed by atoms with Gasteiger partial charge in [0.15, 0.2) is 0 Å². The van der Waals surface area contributed by atoms with Gasteiger partial charge in [0.1, 0.15) is 0 Å². The molecule has 1 aromatic rings. The molecule has 2 N–H and O–H groups in total. The number of anilines is 1. The molecule has 1 aliphatic heterocycles. The Balaban J connectivity index is 1.30. The minimum atomic E-state index is -0.0794. The topological polar surface area (TPSA) is 70.7 Å². The Bertz CT molecular complexity index is 700. The molecule has 27 heavy (non-hydrogen) atoms. The van der Waals surface area contributed by atoms with Crippen molar-refractivity contribution in [3.8, 4) is 0 Å². The Hall–Kier alpha value is -1.79. The van der Waals surface area contributed by atoms with Crippen molar-refractivity contribution in [3.05, 3.63) is 28.8 Å². The number of ether oxygens (including phenoxy) is 1. The minimum absolute atomic E-state index is 0.0170. The quantitative estimate of drug-likeness (QED) is 0.749. The molecule has 6 nitrogen and oxygen atoms in total. The predicted molar refractivity (Wildman–Crippen MR) is 104 cm³/mol. The maximum Gasteiger partial charge on any atom is 0.255 e. The Kier molecular flexibility index (Phi) is 5.55. The van der Waals surface area contributed by atoms with Crippen molar-refractivity contribution in [2.75, 3.05) is 38.2 Å². The van der Waals surface area contributed by atoms with Gasteiger partial charge in [-0.2, -0.15) is 0 Å². The molecule has 0 spiro atoms. The van der Waals surface area contributed by atoms with Gasteiger partial charge in [0.25, 0.3) is 5.91 Å². The molecule has 3 aliphatic rings. The lowest BCUT2D eigenvalue weighted by Crippen LogP contribution is -2.41. The number of nitrogens with one attached hydrogen (secondary N) is 2. The highest BCUT2D eigenvalue weighted by molar-refractivity contribution is 6.34. The third-order valence-corrected chi connectivity index (χ3v) is 5.85. The summed E-state index contributed by atoms with van der Waals surface area (Å²) >= 11 is 6.32. The number of amides is 2. The number of morpholine rings is 1. The maximum atomic E-state index is 12.6. The second-order valence-corrected chi connectivity index (χ2v) is 8.13. The van der Waals surface area contributed by atoms with Gasteiger partial charge in [-0.25, -0.2) is 0 Å². The second-order valence-electron chi connectivity index (χ2n) is 7.72. The fraction of sp³-hybridized carbons (Fsp3) is 0.600. The zero-order chi connectivity index (χ0) is 18.8. The van der Waals surface area contributed by atoms with E-state index in [-0.39, 0.29) is 18.4 Å². The molecular formula is C20H26ClN3O3. The lowest BCUT2D eigenvalue weighted by molar-refractivity contribution is -0.120. The largest absolute Gasteiger partial charge is 0.378 e. The molecule has 0 aromatic heterocycles. The molecule has 146 valence electrons. The first-order valence-corrected chi connectivity index (χ1v) is 10.2. The lowest BCUT2D eigenvalue weighted by atomic mass is 10.1. The average Bonchev–Trinajstić information content (AvgIpc) is 3.57. The van der Waals surface area contributed by atoms with Gasteiger partial charge in [-0.3, -0.25) is 9.59 Å². The van der Waals surface area contributed by atoms with Crippen LogP contribution in [-0.4, -0.2) is 55.6 Å². The highest BCUT2D eigenvalue weighted by Gasteiger charge is 2.42. The Labute approximate surface area is 164 Å². The standard InChI is InChI=1S/C20H26ClN3O3/c21-17-11-15(5-6-16(17)20(26)24-7-9-27-10-8-24)22-12-18(25)23-19(13-1-2-13)14-3-4-14/h5-6,11,13-14,19,22H,1-4,7-10,12H2,(H,23,25). The van der Waals surface area contributed by atoms with E-state index in [0.717, 1.165) is 5.69 Å². The summed E-state index contributed by atoms with van der Waals surface area (Å²) in [6.07, 6.45) is 4.96. The van der Waals surface area contributed by atoms with Gasteiger partial charge in [0.05, 0.1) is 30.3 Å². The van der Waals surface area contributed by atoms with Crippen LogP contribution >= 0.6 is 11.6 Å². The van der Waals surface area contributed by atoms with Crippen LogP contribution in [0.1, 0.15) is 36.0 Å². The summed E-state index contributed by atoms with van der Waals surface area (Å²) in [7, 11) is 0. The van der Waals surface area contributed by atoms with Crippen LogP contribution in [0.25, 0.3) is 0 Å². The number of rotatable bonds is 7. The van der Waals surface area contributed by atoms with Crippen LogP contribution in [0.15, 0.2) is 18.2 Å². The molecule has 1 saturated heterocycles. The molecule has 0 bridgehead atoms. The van der Waals surface area contributed by atoms with Crippen molar-refractivity contribution in [2.45, 2.75) is 31.7 Å². The van der Waals surface area contributed by atoms with Crippen LogP contribution in [0.3, 0.4) is 0 Å². The lowest BCUT2D eigenvalue weighted by Gasteiger charge is -2.27. The van der Waals surface area contributed by atoms with Crippen molar-refractivity contribution < 1.29 is 14.3 Å². The van der Waals surface area contributed by atoms with Crippen molar-refractivity contribution in [1.82, 2.24) is 10.2 Å². The number of hydrogen-bond acceptors (Lipinski definition) is 4. The zero-order valence-corrected chi connectivity index (χ0v) is 16.1. The summed E-state index contributed by atoms with van der Waals surface area (Å²) in [5.74, 6) is 1.30. The Morgan fingerprint density at radius 3 is 2.41 bits per heavy atom. The molecule has 0 radical (unpaired) electrons. The Morgan fingerprint density at radius 1 is 1.15 bits per heavy atom. The molecular weight excluding hydrogens is 366 g/mol. The second kappa shape index (κ2) is 8.07. The third kappa shape index (κ3) is 4.74. The van der Waals surface area contributed by atoms with Gasteiger partial charge in [-0.05, 0) is 55.7 Å². The van der Waals surface area contributed by atoms with E-state index in [0.29, 0.717) is 54.8 Å². The summed E-state index contributed by atoms with van der Waals surface area (Å²) in [5, 5.41) is 6.70. The molecule has 7 heteroatoms. The van der Waals surface area contributed by atoms with E-state index >= 15 is 0 Å². The molecule has 2 aliphatic carbocycles. The van der Waals surface area contributed by atoms with E-state index in [4.69, 9.17) is 16.3 Å². The number of benzene rings is 1. The van der Waals surface area contributed by atoms with Crippen LogP contribution in [0, 0.1) is 11.8 Å². The van der Waals surface area contributed by atoms with E-state index in [1.165, 1.54) is 25.7 Å². The first-order chi connectivity index (χ1) is 13.1. The number of hydrogen-bond donors (Lipinski definition) is 2. The number of halogens is 1. The van der Waals surface area contributed by atoms with Crippen molar-refractivity contribution in [2.24, 2.45) is 11.8 Å². The molecule has 0 atom stereocenters. The number of nitrogens with zero attached hydrogens (tertiary/aromatic N) is 1. The molecule has 2 saturated carbocycles. The molecule has 2 amide bonds. The highest BCUT2D eigenvalue weighted by atomic mass is 35.5. The van der Waals surface area contributed by atoms with E-state index in [9.17, 15) is 9.59 Å². The summed E-state index contributed by atoms with van der Waals surface area (Å²) in [5.41, 5.74) is 1.22. The highest BCUT2D eigenvalue weighted by Crippen LogP contribution is 2.44. The SMILES string of the molecule is O=C(CNc1ccc(C(=O)N2CCOCC2)c(Cl)c1)NC(C1CC1)C1CC1. The van der Waals surface area contributed by atoms with Crippen molar-refractivity contribution in [3.63, 3.8) is 0 Å². The van der Waals surface area contributed by atoms with Gasteiger partial charge < -0.3 is 20.3 Å².